The van der Waals surface area contributed by atoms with E-state index in [1.165, 1.54) is 5.69 Å². The van der Waals surface area contributed by atoms with Crippen LogP contribution < -0.4 is 0 Å². The zero-order valence-electron chi connectivity index (χ0n) is 16.2. The Morgan fingerprint density at radius 3 is 2.69 bits per heavy atom. The number of fused-ring (bicyclic) bond motifs is 2. The predicted molar refractivity (Wildman–Crippen MR) is 96.4 cm³/mol. The van der Waals surface area contributed by atoms with Gasteiger partial charge in [-0.15, -0.1) is 10.2 Å². The Balaban J connectivity index is 1.55. The van der Waals surface area contributed by atoms with E-state index in [0.29, 0.717) is 25.6 Å². The molecule has 2 aliphatic rings. The van der Waals surface area contributed by atoms with Gasteiger partial charge >= 0.3 is 0 Å². The third kappa shape index (κ3) is 2.63. The molecule has 2 aromatic rings. The summed E-state index contributed by atoms with van der Waals surface area (Å²) in [6.45, 7) is 8.88. The van der Waals surface area contributed by atoms with Crippen molar-refractivity contribution in [1.82, 2.24) is 34.1 Å². The number of carbonyl (C=O) groups is 1. The Morgan fingerprint density at radius 2 is 1.96 bits per heavy atom. The molecule has 0 saturated heterocycles. The largest absolute Gasteiger partial charge is 0.335 e. The molecule has 140 valence electrons. The topological polar surface area (TPSA) is 72.1 Å². The van der Waals surface area contributed by atoms with E-state index >= 15 is 0 Å². The first-order valence-electron chi connectivity index (χ1n) is 9.29. The Morgan fingerprint density at radius 1 is 1.19 bits per heavy atom. The van der Waals surface area contributed by atoms with Gasteiger partial charge in [-0.05, 0) is 14.0 Å². The van der Waals surface area contributed by atoms with Crippen LogP contribution in [0.5, 0.6) is 0 Å². The molecule has 8 nitrogen and oxygen atoms in total. The van der Waals surface area contributed by atoms with Crippen LogP contribution in [0.15, 0.2) is 0 Å². The van der Waals surface area contributed by atoms with Crippen LogP contribution in [0.3, 0.4) is 0 Å². The van der Waals surface area contributed by atoms with Crippen molar-refractivity contribution in [3.63, 3.8) is 0 Å². The van der Waals surface area contributed by atoms with Gasteiger partial charge in [0.15, 0.2) is 0 Å². The molecule has 0 fully saturated rings. The highest BCUT2D eigenvalue weighted by Gasteiger charge is 2.36. The average molecular weight is 357 g/mol. The van der Waals surface area contributed by atoms with Gasteiger partial charge < -0.3 is 14.0 Å². The molecular formula is C18H27N7O. The van der Waals surface area contributed by atoms with Gasteiger partial charge in [-0.2, -0.15) is 0 Å². The molecule has 0 radical (unpaired) electrons. The lowest BCUT2D eigenvalue weighted by Crippen LogP contribution is -2.52. The number of aryl methyl sites for hydroxylation is 1. The number of hydrogen-bond donors (Lipinski definition) is 0. The van der Waals surface area contributed by atoms with Crippen molar-refractivity contribution < 1.29 is 4.79 Å². The van der Waals surface area contributed by atoms with Crippen molar-refractivity contribution in [3.8, 4) is 0 Å². The zero-order valence-corrected chi connectivity index (χ0v) is 16.2. The third-order valence-corrected chi connectivity index (χ3v) is 5.69. The van der Waals surface area contributed by atoms with Crippen molar-refractivity contribution in [1.29, 1.82) is 0 Å². The highest BCUT2D eigenvalue weighted by molar-refractivity contribution is 5.82. The number of nitrogens with zero attached hydrogens (tertiary/aromatic N) is 7. The van der Waals surface area contributed by atoms with E-state index in [0.717, 1.165) is 36.1 Å². The summed E-state index contributed by atoms with van der Waals surface area (Å²) in [6, 6.07) is -0.174. The normalized spacial score (nSPS) is 20.4. The van der Waals surface area contributed by atoms with Crippen molar-refractivity contribution >= 4 is 5.91 Å². The van der Waals surface area contributed by atoms with E-state index in [9.17, 15) is 4.79 Å². The van der Waals surface area contributed by atoms with E-state index in [1.807, 2.05) is 18.9 Å². The summed E-state index contributed by atoms with van der Waals surface area (Å²) in [4.78, 5) is 22.1. The van der Waals surface area contributed by atoms with E-state index in [4.69, 9.17) is 4.98 Å². The second-order valence-corrected chi connectivity index (χ2v) is 7.79. The first kappa shape index (κ1) is 17.2. The molecule has 0 aromatic carbocycles. The molecule has 2 aliphatic heterocycles. The molecule has 0 spiro atoms. The summed E-state index contributed by atoms with van der Waals surface area (Å²) >= 11 is 0. The quantitative estimate of drug-likeness (QED) is 0.797. The van der Waals surface area contributed by atoms with Crippen LogP contribution in [0, 0.1) is 6.92 Å². The minimum Gasteiger partial charge on any atom is -0.335 e. The maximum absolute atomic E-state index is 13.2. The van der Waals surface area contributed by atoms with Gasteiger partial charge in [0.25, 0.3) is 0 Å². The summed E-state index contributed by atoms with van der Waals surface area (Å²) in [7, 11) is 4.08. The Hall–Kier alpha value is -2.22. The minimum absolute atomic E-state index is 0.174. The molecule has 0 bridgehead atoms. The lowest BCUT2D eigenvalue weighted by atomic mass is 10.1. The number of amides is 1. The van der Waals surface area contributed by atoms with Gasteiger partial charge in [-0.25, -0.2) is 4.98 Å². The van der Waals surface area contributed by atoms with E-state index in [2.05, 4.69) is 45.1 Å². The van der Waals surface area contributed by atoms with Crippen LogP contribution in [0.25, 0.3) is 0 Å². The van der Waals surface area contributed by atoms with E-state index in [1.54, 1.807) is 0 Å². The summed E-state index contributed by atoms with van der Waals surface area (Å²) in [5, 5.41) is 8.35. The molecule has 0 N–H and O–H groups in total. The summed E-state index contributed by atoms with van der Waals surface area (Å²) in [5.74, 6) is 3.46. The van der Waals surface area contributed by atoms with Crippen LogP contribution in [0.1, 0.15) is 48.6 Å². The molecule has 1 unspecified atom stereocenters. The maximum Gasteiger partial charge on any atom is 0.242 e. The first-order chi connectivity index (χ1) is 12.4. The van der Waals surface area contributed by atoms with Gasteiger partial charge in [0.1, 0.15) is 23.5 Å². The van der Waals surface area contributed by atoms with E-state index < -0.39 is 0 Å². The highest BCUT2D eigenvalue weighted by atomic mass is 16.2. The van der Waals surface area contributed by atoms with Gasteiger partial charge in [0.05, 0.1) is 25.3 Å². The van der Waals surface area contributed by atoms with Gasteiger partial charge in [0.2, 0.25) is 5.91 Å². The molecular weight excluding hydrogens is 330 g/mol. The zero-order chi connectivity index (χ0) is 18.6. The van der Waals surface area contributed by atoms with Gasteiger partial charge in [0, 0.05) is 31.6 Å². The van der Waals surface area contributed by atoms with Crippen LogP contribution in [-0.2, 0) is 37.9 Å². The highest BCUT2D eigenvalue weighted by Crippen LogP contribution is 2.25. The van der Waals surface area contributed by atoms with Gasteiger partial charge in [-0.1, -0.05) is 13.8 Å². The third-order valence-electron chi connectivity index (χ3n) is 5.69. The fourth-order valence-electron chi connectivity index (χ4n) is 4.16. The van der Waals surface area contributed by atoms with Gasteiger partial charge in [-0.3, -0.25) is 9.69 Å². The van der Waals surface area contributed by atoms with Crippen LogP contribution >= 0.6 is 0 Å². The lowest BCUT2D eigenvalue weighted by Gasteiger charge is -2.37. The molecule has 0 saturated carbocycles. The molecule has 26 heavy (non-hydrogen) atoms. The van der Waals surface area contributed by atoms with Crippen molar-refractivity contribution in [2.75, 3.05) is 13.6 Å². The van der Waals surface area contributed by atoms with E-state index in [-0.39, 0.29) is 11.9 Å². The minimum atomic E-state index is -0.174. The molecule has 0 aliphatic carbocycles. The number of imidazole rings is 1. The monoisotopic (exact) mass is 357 g/mol. The Bertz CT molecular complexity index is 850. The van der Waals surface area contributed by atoms with Crippen molar-refractivity contribution in [2.24, 2.45) is 7.05 Å². The molecule has 2 aromatic heterocycles. The standard InChI is InChI=1S/C18H27N7O/c1-11(2)17-19-13-8-24(7-6-14(13)23(17)5)18(26)15-9-25-12(3)20-21-16(25)10-22(15)4/h11,15H,6-10H2,1-5H3. The van der Waals surface area contributed by atoms with Crippen molar-refractivity contribution in [2.45, 2.75) is 58.8 Å². The number of carbonyl (C=O) groups excluding carboxylic acids is 1. The SMILES string of the molecule is Cc1nnc2n1CC(C(=O)N1CCc3c(nc(C(C)C)n3C)C1)N(C)C2. The Kier molecular flexibility index (Phi) is 4.10. The van der Waals surface area contributed by atoms with Crippen LogP contribution in [0.4, 0.5) is 0 Å². The number of rotatable bonds is 2. The lowest BCUT2D eigenvalue weighted by molar-refractivity contribution is -0.139. The molecule has 4 rings (SSSR count). The first-order valence-corrected chi connectivity index (χ1v) is 9.29. The molecule has 1 atom stereocenters. The number of hydrogen-bond acceptors (Lipinski definition) is 5. The molecule has 1 amide bonds. The van der Waals surface area contributed by atoms with Crippen molar-refractivity contribution in [3.05, 3.63) is 28.9 Å². The maximum atomic E-state index is 13.2. The summed E-state index contributed by atoms with van der Waals surface area (Å²) < 4.78 is 4.27. The smallest absolute Gasteiger partial charge is 0.242 e. The van der Waals surface area contributed by atoms with Crippen LogP contribution in [-0.4, -0.2) is 59.7 Å². The summed E-state index contributed by atoms with van der Waals surface area (Å²) in [6.07, 6.45) is 0.866. The Labute approximate surface area is 153 Å². The predicted octanol–water partition coefficient (Wildman–Crippen LogP) is 0.842. The second kappa shape index (κ2) is 6.19. The number of aromatic nitrogens is 5. The summed E-state index contributed by atoms with van der Waals surface area (Å²) in [5.41, 5.74) is 2.32. The molecule has 4 heterocycles. The number of likely N-dealkylation sites (N-methyl/N-ethyl adjacent to an activating group) is 1. The average Bonchev–Trinajstić information content (AvgIpc) is 3.13. The van der Waals surface area contributed by atoms with Crippen LogP contribution in [0.2, 0.25) is 0 Å². The second-order valence-electron chi connectivity index (χ2n) is 7.79. The fourth-order valence-corrected chi connectivity index (χ4v) is 4.16. The molecule has 8 heteroatoms. The fraction of sp³-hybridized carbons (Fsp3) is 0.667.